The summed E-state index contributed by atoms with van der Waals surface area (Å²) in [6, 6.07) is 6.41. The first-order valence-electron chi connectivity index (χ1n) is 7.09. The van der Waals surface area contributed by atoms with Gasteiger partial charge in [0.2, 0.25) is 0 Å². The average molecular weight is 259 g/mol. The fraction of sp³-hybridized carbons (Fsp3) is 0.533. The molecule has 1 fully saturated rings. The lowest BCUT2D eigenvalue weighted by atomic mass is 10.2. The van der Waals surface area contributed by atoms with Crippen molar-refractivity contribution >= 4 is 11.0 Å². The standard InChI is InChI=1S/C15H21N3O/c1-3-14(18-8-4-5-9-18)15-16-12-7-6-11(19-2)10-13(12)17-15/h6-7,10,14H,3-5,8-9H2,1-2H3,(H,16,17). The molecule has 1 N–H and O–H groups in total. The van der Waals surface area contributed by atoms with Crippen LogP contribution in [0.5, 0.6) is 5.75 Å². The second kappa shape index (κ2) is 5.21. The molecule has 0 aliphatic carbocycles. The van der Waals surface area contributed by atoms with Crippen molar-refractivity contribution < 1.29 is 4.74 Å². The van der Waals surface area contributed by atoms with Gasteiger partial charge in [0.05, 0.1) is 24.2 Å². The van der Waals surface area contributed by atoms with Crippen molar-refractivity contribution in [2.75, 3.05) is 20.2 Å². The summed E-state index contributed by atoms with van der Waals surface area (Å²) < 4.78 is 5.26. The molecule has 1 aliphatic rings. The molecule has 0 bridgehead atoms. The van der Waals surface area contributed by atoms with E-state index in [1.54, 1.807) is 7.11 Å². The van der Waals surface area contributed by atoms with Gasteiger partial charge >= 0.3 is 0 Å². The zero-order chi connectivity index (χ0) is 13.2. The number of imidazole rings is 1. The van der Waals surface area contributed by atoms with Crippen LogP contribution < -0.4 is 4.74 Å². The number of ether oxygens (including phenoxy) is 1. The Bertz CT molecular complexity index is 558. The van der Waals surface area contributed by atoms with E-state index >= 15 is 0 Å². The largest absolute Gasteiger partial charge is 0.497 e. The van der Waals surface area contributed by atoms with Gasteiger partial charge in [-0.1, -0.05) is 6.92 Å². The van der Waals surface area contributed by atoms with Crippen molar-refractivity contribution in [2.45, 2.75) is 32.2 Å². The molecule has 4 heteroatoms. The molecule has 1 saturated heterocycles. The molecular formula is C15H21N3O. The molecule has 1 aromatic heterocycles. The second-order valence-corrected chi connectivity index (χ2v) is 5.17. The Morgan fingerprint density at radius 3 is 2.84 bits per heavy atom. The van der Waals surface area contributed by atoms with Gasteiger partial charge in [-0.15, -0.1) is 0 Å². The maximum Gasteiger partial charge on any atom is 0.124 e. The summed E-state index contributed by atoms with van der Waals surface area (Å²) in [5, 5.41) is 0. The number of H-pyrrole nitrogens is 1. The molecule has 0 amide bonds. The molecule has 1 atom stereocenters. The van der Waals surface area contributed by atoms with E-state index in [4.69, 9.17) is 9.72 Å². The van der Waals surface area contributed by atoms with Crippen LogP contribution in [0, 0.1) is 0 Å². The van der Waals surface area contributed by atoms with Crippen LogP contribution >= 0.6 is 0 Å². The topological polar surface area (TPSA) is 41.1 Å². The summed E-state index contributed by atoms with van der Waals surface area (Å²) in [7, 11) is 1.69. The number of rotatable bonds is 4. The second-order valence-electron chi connectivity index (χ2n) is 5.17. The number of likely N-dealkylation sites (tertiary alicyclic amines) is 1. The van der Waals surface area contributed by atoms with Crippen molar-refractivity contribution in [3.63, 3.8) is 0 Å². The smallest absolute Gasteiger partial charge is 0.124 e. The molecule has 4 nitrogen and oxygen atoms in total. The fourth-order valence-electron chi connectivity index (χ4n) is 2.97. The monoisotopic (exact) mass is 259 g/mol. The van der Waals surface area contributed by atoms with E-state index in [2.05, 4.69) is 16.8 Å². The highest BCUT2D eigenvalue weighted by Crippen LogP contribution is 2.28. The summed E-state index contributed by atoms with van der Waals surface area (Å²) in [5.41, 5.74) is 2.08. The van der Waals surface area contributed by atoms with Gasteiger partial charge in [0, 0.05) is 6.07 Å². The van der Waals surface area contributed by atoms with E-state index in [-0.39, 0.29) is 0 Å². The number of nitrogens with zero attached hydrogens (tertiary/aromatic N) is 2. The third-order valence-corrected chi connectivity index (χ3v) is 3.99. The van der Waals surface area contributed by atoms with Crippen molar-refractivity contribution in [1.29, 1.82) is 0 Å². The zero-order valence-electron chi connectivity index (χ0n) is 11.6. The Morgan fingerprint density at radius 2 is 2.16 bits per heavy atom. The minimum absolute atomic E-state index is 0.417. The predicted molar refractivity (Wildman–Crippen MR) is 76.5 cm³/mol. The molecular weight excluding hydrogens is 238 g/mol. The van der Waals surface area contributed by atoms with Crippen LogP contribution in [0.4, 0.5) is 0 Å². The van der Waals surface area contributed by atoms with Crippen molar-refractivity contribution in [1.82, 2.24) is 14.9 Å². The van der Waals surface area contributed by atoms with Crippen LogP contribution in [0.3, 0.4) is 0 Å². The minimum atomic E-state index is 0.417. The molecule has 0 saturated carbocycles. The normalized spacial score (nSPS) is 18.0. The van der Waals surface area contributed by atoms with Gasteiger partial charge < -0.3 is 9.72 Å². The van der Waals surface area contributed by atoms with Gasteiger partial charge in [-0.2, -0.15) is 0 Å². The summed E-state index contributed by atoms with van der Waals surface area (Å²) in [4.78, 5) is 10.8. The molecule has 3 rings (SSSR count). The number of benzene rings is 1. The number of hydrogen-bond donors (Lipinski definition) is 1. The Labute approximate surface area is 113 Å². The lowest BCUT2D eigenvalue weighted by Crippen LogP contribution is -2.25. The Hall–Kier alpha value is -1.55. The summed E-state index contributed by atoms with van der Waals surface area (Å²) >= 11 is 0. The quantitative estimate of drug-likeness (QED) is 0.917. The summed E-state index contributed by atoms with van der Waals surface area (Å²) in [6.07, 6.45) is 3.71. The van der Waals surface area contributed by atoms with E-state index in [0.717, 1.165) is 29.0 Å². The van der Waals surface area contributed by atoms with E-state index in [1.807, 2.05) is 18.2 Å². The zero-order valence-corrected chi connectivity index (χ0v) is 11.6. The number of aromatic nitrogens is 2. The number of nitrogens with one attached hydrogen (secondary N) is 1. The molecule has 1 aliphatic heterocycles. The van der Waals surface area contributed by atoms with Crippen LogP contribution in [0.1, 0.15) is 38.1 Å². The van der Waals surface area contributed by atoms with Crippen LogP contribution in [-0.2, 0) is 0 Å². The molecule has 1 unspecified atom stereocenters. The lowest BCUT2D eigenvalue weighted by molar-refractivity contribution is 0.231. The van der Waals surface area contributed by atoms with Crippen molar-refractivity contribution in [3.05, 3.63) is 24.0 Å². The number of hydrogen-bond acceptors (Lipinski definition) is 3. The van der Waals surface area contributed by atoms with Gasteiger partial charge in [0.15, 0.2) is 0 Å². The SMILES string of the molecule is CCC(c1nc2ccc(OC)cc2[nH]1)N1CCCC1. The highest BCUT2D eigenvalue weighted by molar-refractivity contribution is 5.76. The van der Waals surface area contributed by atoms with E-state index in [9.17, 15) is 0 Å². The number of fused-ring (bicyclic) bond motifs is 1. The average Bonchev–Trinajstić information content (AvgIpc) is 3.07. The maximum atomic E-state index is 5.26. The first kappa shape index (κ1) is 12.5. The van der Waals surface area contributed by atoms with Crippen molar-refractivity contribution in [3.8, 4) is 5.75 Å². The van der Waals surface area contributed by atoms with Gasteiger partial charge in [-0.3, -0.25) is 4.90 Å². The Kier molecular flexibility index (Phi) is 3.42. The maximum absolute atomic E-state index is 5.26. The van der Waals surface area contributed by atoms with E-state index < -0.39 is 0 Å². The van der Waals surface area contributed by atoms with E-state index in [1.165, 1.54) is 25.9 Å². The lowest BCUT2D eigenvalue weighted by Gasteiger charge is -2.24. The molecule has 0 radical (unpaired) electrons. The first-order valence-corrected chi connectivity index (χ1v) is 7.09. The predicted octanol–water partition coefficient (Wildman–Crippen LogP) is 3.12. The third-order valence-electron chi connectivity index (χ3n) is 3.99. The van der Waals surface area contributed by atoms with Crippen LogP contribution in [0.2, 0.25) is 0 Å². The number of aromatic amines is 1. The van der Waals surface area contributed by atoms with Crippen LogP contribution in [0.15, 0.2) is 18.2 Å². The Morgan fingerprint density at radius 1 is 1.37 bits per heavy atom. The van der Waals surface area contributed by atoms with Crippen LogP contribution in [-0.4, -0.2) is 35.1 Å². The van der Waals surface area contributed by atoms with Gasteiger partial charge in [-0.05, 0) is 44.5 Å². The van der Waals surface area contributed by atoms with Gasteiger partial charge in [0.1, 0.15) is 11.6 Å². The van der Waals surface area contributed by atoms with Crippen LogP contribution in [0.25, 0.3) is 11.0 Å². The van der Waals surface area contributed by atoms with Gasteiger partial charge in [-0.25, -0.2) is 4.98 Å². The summed E-state index contributed by atoms with van der Waals surface area (Å²) in [6.45, 7) is 4.62. The Balaban J connectivity index is 1.94. The first-order chi connectivity index (χ1) is 9.31. The summed E-state index contributed by atoms with van der Waals surface area (Å²) in [5.74, 6) is 1.96. The number of methoxy groups -OCH3 is 1. The van der Waals surface area contributed by atoms with Crippen molar-refractivity contribution in [2.24, 2.45) is 0 Å². The third kappa shape index (κ3) is 2.32. The molecule has 102 valence electrons. The molecule has 1 aromatic carbocycles. The molecule has 19 heavy (non-hydrogen) atoms. The highest BCUT2D eigenvalue weighted by Gasteiger charge is 2.24. The van der Waals surface area contributed by atoms with E-state index in [0.29, 0.717) is 6.04 Å². The highest BCUT2D eigenvalue weighted by atomic mass is 16.5. The minimum Gasteiger partial charge on any atom is -0.497 e. The van der Waals surface area contributed by atoms with Gasteiger partial charge in [0.25, 0.3) is 0 Å². The molecule has 0 spiro atoms. The molecule has 2 aromatic rings. The molecule has 2 heterocycles. The fourth-order valence-corrected chi connectivity index (χ4v) is 2.97.